The molecule has 0 spiro atoms. The summed E-state index contributed by atoms with van der Waals surface area (Å²) in [6.07, 6.45) is 3.74. The van der Waals surface area contributed by atoms with Gasteiger partial charge in [-0.15, -0.1) is 0 Å². The van der Waals surface area contributed by atoms with Crippen molar-refractivity contribution in [2.45, 2.75) is 39.2 Å². The van der Waals surface area contributed by atoms with Crippen molar-refractivity contribution < 1.29 is 9.53 Å². The standard InChI is InChI=1S/C17H21Br2NO2/c1-11-5-3-4-6-20(11)9-17(2)10-22-15-13(16(17)21)7-12(18)8-14(15)19/h7-8,11H,3-6,9-10H2,1-2H3. The quantitative estimate of drug-likeness (QED) is 0.682. The molecule has 1 aromatic rings. The number of ketones is 1. The summed E-state index contributed by atoms with van der Waals surface area (Å²) in [5, 5.41) is 0. The van der Waals surface area contributed by atoms with E-state index in [0.29, 0.717) is 24.0 Å². The molecule has 2 aliphatic heterocycles. The fourth-order valence-electron chi connectivity index (χ4n) is 3.46. The fraction of sp³-hybridized carbons (Fsp3) is 0.588. The molecule has 120 valence electrons. The normalized spacial score (nSPS) is 29.1. The molecule has 3 rings (SSSR count). The number of piperidine rings is 1. The van der Waals surface area contributed by atoms with Gasteiger partial charge < -0.3 is 4.74 Å². The molecule has 0 radical (unpaired) electrons. The number of halogens is 2. The second-order valence-electron chi connectivity index (χ2n) is 6.76. The molecule has 0 saturated carbocycles. The third-order valence-electron chi connectivity index (χ3n) is 4.83. The van der Waals surface area contributed by atoms with E-state index in [2.05, 4.69) is 43.7 Å². The van der Waals surface area contributed by atoms with Crippen molar-refractivity contribution in [3.8, 4) is 5.75 Å². The Morgan fingerprint density at radius 3 is 2.86 bits per heavy atom. The Morgan fingerprint density at radius 1 is 1.36 bits per heavy atom. The summed E-state index contributed by atoms with van der Waals surface area (Å²) in [4.78, 5) is 15.5. The van der Waals surface area contributed by atoms with Gasteiger partial charge in [-0.05, 0) is 61.3 Å². The summed E-state index contributed by atoms with van der Waals surface area (Å²) in [6.45, 7) is 6.60. The van der Waals surface area contributed by atoms with Crippen LogP contribution in [0.2, 0.25) is 0 Å². The lowest BCUT2D eigenvalue weighted by Crippen LogP contribution is -2.51. The topological polar surface area (TPSA) is 29.5 Å². The van der Waals surface area contributed by atoms with E-state index in [1.807, 2.05) is 19.1 Å². The number of benzene rings is 1. The van der Waals surface area contributed by atoms with Gasteiger partial charge in [-0.2, -0.15) is 0 Å². The summed E-state index contributed by atoms with van der Waals surface area (Å²) >= 11 is 6.95. The zero-order chi connectivity index (χ0) is 15.9. The number of rotatable bonds is 2. The van der Waals surface area contributed by atoms with Crippen LogP contribution in [0.4, 0.5) is 0 Å². The Labute approximate surface area is 148 Å². The first-order chi connectivity index (χ1) is 10.4. The molecule has 2 unspecified atom stereocenters. The Morgan fingerprint density at radius 2 is 2.14 bits per heavy atom. The highest BCUT2D eigenvalue weighted by atomic mass is 79.9. The first-order valence-electron chi connectivity index (χ1n) is 7.81. The lowest BCUT2D eigenvalue weighted by Gasteiger charge is -2.41. The van der Waals surface area contributed by atoms with E-state index >= 15 is 0 Å². The number of carbonyl (C=O) groups is 1. The van der Waals surface area contributed by atoms with Crippen molar-refractivity contribution in [3.05, 3.63) is 26.6 Å². The maximum absolute atomic E-state index is 13.1. The van der Waals surface area contributed by atoms with Gasteiger partial charge in [0.25, 0.3) is 0 Å². The lowest BCUT2D eigenvalue weighted by atomic mass is 9.79. The third-order valence-corrected chi connectivity index (χ3v) is 5.88. The molecule has 0 aromatic heterocycles. The summed E-state index contributed by atoms with van der Waals surface area (Å²) in [7, 11) is 0. The van der Waals surface area contributed by atoms with E-state index in [1.165, 1.54) is 19.3 Å². The summed E-state index contributed by atoms with van der Waals surface area (Å²) < 4.78 is 7.68. The van der Waals surface area contributed by atoms with Gasteiger partial charge in [-0.3, -0.25) is 9.69 Å². The van der Waals surface area contributed by atoms with Gasteiger partial charge in [0, 0.05) is 17.1 Å². The van der Waals surface area contributed by atoms with Crippen molar-refractivity contribution in [3.63, 3.8) is 0 Å². The van der Waals surface area contributed by atoms with Crippen molar-refractivity contribution in [2.24, 2.45) is 5.41 Å². The van der Waals surface area contributed by atoms with E-state index in [0.717, 1.165) is 22.0 Å². The minimum Gasteiger partial charge on any atom is -0.491 e. The largest absolute Gasteiger partial charge is 0.491 e. The van der Waals surface area contributed by atoms with Crippen LogP contribution in [0.15, 0.2) is 21.1 Å². The second kappa shape index (κ2) is 6.25. The highest BCUT2D eigenvalue weighted by molar-refractivity contribution is 9.11. The molecule has 5 heteroatoms. The number of Topliss-reactive ketones (excluding diaryl/α,β-unsaturated/α-hetero) is 1. The highest BCUT2D eigenvalue weighted by Crippen LogP contribution is 2.41. The number of ether oxygens (including phenoxy) is 1. The van der Waals surface area contributed by atoms with Gasteiger partial charge in [-0.1, -0.05) is 22.4 Å². The molecule has 3 nitrogen and oxygen atoms in total. The number of nitrogens with zero attached hydrogens (tertiary/aromatic N) is 1. The van der Waals surface area contributed by atoms with Crippen LogP contribution in [-0.4, -0.2) is 36.4 Å². The minimum absolute atomic E-state index is 0.188. The number of likely N-dealkylation sites (tertiary alicyclic amines) is 1. The molecule has 1 aromatic carbocycles. The second-order valence-corrected chi connectivity index (χ2v) is 8.53. The van der Waals surface area contributed by atoms with Crippen LogP contribution in [-0.2, 0) is 0 Å². The van der Waals surface area contributed by atoms with Crippen molar-refractivity contribution in [1.82, 2.24) is 4.90 Å². The first-order valence-corrected chi connectivity index (χ1v) is 9.40. The van der Waals surface area contributed by atoms with Crippen molar-refractivity contribution in [2.75, 3.05) is 19.7 Å². The maximum atomic E-state index is 13.1. The van der Waals surface area contributed by atoms with Gasteiger partial charge in [0.2, 0.25) is 0 Å². The Balaban J connectivity index is 1.87. The van der Waals surface area contributed by atoms with Crippen LogP contribution in [0.5, 0.6) is 5.75 Å². The number of hydrogen-bond donors (Lipinski definition) is 0. The van der Waals surface area contributed by atoms with E-state index in [9.17, 15) is 4.79 Å². The van der Waals surface area contributed by atoms with Crippen molar-refractivity contribution >= 4 is 37.6 Å². The number of fused-ring (bicyclic) bond motifs is 1. The molecule has 0 bridgehead atoms. The van der Waals surface area contributed by atoms with Crippen LogP contribution in [0.1, 0.15) is 43.5 Å². The average Bonchev–Trinajstić information content (AvgIpc) is 2.46. The molecule has 2 aliphatic rings. The van der Waals surface area contributed by atoms with Crippen molar-refractivity contribution in [1.29, 1.82) is 0 Å². The van der Waals surface area contributed by atoms with Crippen LogP contribution in [0.3, 0.4) is 0 Å². The summed E-state index contributed by atoms with van der Waals surface area (Å²) in [5.41, 5.74) is 0.207. The predicted molar refractivity (Wildman–Crippen MR) is 94.7 cm³/mol. The smallest absolute Gasteiger partial charge is 0.177 e. The summed E-state index contributed by atoms with van der Waals surface area (Å²) in [6, 6.07) is 4.34. The molecule has 22 heavy (non-hydrogen) atoms. The van der Waals surface area contributed by atoms with E-state index < -0.39 is 5.41 Å². The first kappa shape index (κ1) is 16.5. The van der Waals surface area contributed by atoms with Gasteiger partial charge in [0.05, 0.1) is 15.5 Å². The Hall–Kier alpha value is -0.390. The highest BCUT2D eigenvalue weighted by Gasteiger charge is 2.43. The molecular weight excluding hydrogens is 410 g/mol. The molecule has 2 atom stereocenters. The number of hydrogen-bond acceptors (Lipinski definition) is 3. The summed E-state index contributed by atoms with van der Waals surface area (Å²) in [5.74, 6) is 0.867. The zero-order valence-electron chi connectivity index (χ0n) is 13.0. The molecule has 1 fully saturated rings. The van der Waals surface area contributed by atoms with Gasteiger partial charge in [0.1, 0.15) is 12.4 Å². The minimum atomic E-state index is -0.473. The third kappa shape index (κ3) is 3.00. The lowest BCUT2D eigenvalue weighted by molar-refractivity contribution is 0.0401. The molecule has 0 amide bonds. The fourth-order valence-corrected chi connectivity index (χ4v) is 4.80. The molecule has 0 N–H and O–H groups in total. The molecular formula is C17H21Br2NO2. The Kier molecular flexibility index (Phi) is 4.68. The predicted octanol–water partition coefficient (Wildman–Crippen LogP) is 4.67. The average molecular weight is 431 g/mol. The van der Waals surface area contributed by atoms with Crippen LogP contribution >= 0.6 is 31.9 Å². The molecule has 2 heterocycles. The number of carbonyl (C=O) groups excluding carboxylic acids is 1. The SMILES string of the molecule is CC1CCCCN1CC1(C)COc2c(Br)cc(Br)cc2C1=O. The van der Waals surface area contributed by atoms with Crippen LogP contribution in [0, 0.1) is 5.41 Å². The van der Waals surface area contributed by atoms with Crippen LogP contribution in [0.25, 0.3) is 0 Å². The van der Waals surface area contributed by atoms with Crippen LogP contribution < -0.4 is 4.74 Å². The van der Waals surface area contributed by atoms with Gasteiger partial charge in [0.15, 0.2) is 5.78 Å². The molecule has 0 aliphatic carbocycles. The maximum Gasteiger partial charge on any atom is 0.177 e. The zero-order valence-corrected chi connectivity index (χ0v) is 16.2. The van der Waals surface area contributed by atoms with E-state index in [1.54, 1.807) is 0 Å². The van der Waals surface area contributed by atoms with E-state index in [4.69, 9.17) is 4.74 Å². The monoisotopic (exact) mass is 429 g/mol. The van der Waals surface area contributed by atoms with E-state index in [-0.39, 0.29) is 5.78 Å². The Bertz CT molecular complexity index is 605. The van der Waals surface area contributed by atoms with Gasteiger partial charge >= 0.3 is 0 Å². The van der Waals surface area contributed by atoms with Gasteiger partial charge in [-0.25, -0.2) is 0 Å². The molecule has 1 saturated heterocycles.